The average Bonchev–Trinajstić information content (AvgIpc) is 3.12. The zero-order chi connectivity index (χ0) is 25.4. The number of rotatable bonds is 4. The fraction of sp³-hybridized carbons (Fsp3) is 0.731. The number of carbonyl (C=O) groups is 1. The summed E-state index contributed by atoms with van der Waals surface area (Å²) in [5.41, 5.74) is 10.1. The van der Waals surface area contributed by atoms with Crippen molar-refractivity contribution in [3.63, 3.8) is 0 Å². The third-order valence-electron chi connectivity index (χ3n) is 6.82. The highest BCUT2D eigenvalue weighted by atomic mass is 16.7. The highest BCUT2D eigenvalue weighted by Gasteiger charge is 2.48. The Morgan fingerprint density at radius 2 is 1.89 bits per heavy atom. The summed E-state index contributed by atoms with van der Waals surface area (Å²) in [7, 11) is 0. The van der Waals surface area contributed by atoms with Gasteiger partial charge in [0.1, 0.15) is 12.3 Å². The SMILES string of the molecule is CC(C)(C)OC(=O)N(CN=[N+]=[N-])CC1c2c(ccc3c2OC2(CCCCC2)O3)COC1C(C)(C)C. The highest BCUT2D eigenvalue weighted by molar-refractivity contribution is 5.68. The normalized spacial score (nSPS) is 22.8. The Balaban J connectivity index is 1.74. The molecule has 1 saturated carbocycles. The van der Waals surface area contributed by atoms with Crippen LogP contribution in [0, 0.1) is 5.41 Å². The summed E-state index contributed by atoms with van der Waals surface area (Å²) in [6.45, 7) is 12.4. The van der Waals surface area contributed by atoms with Crippen LogP contribution in [0.4, 0.5) is 4.79 Å². The smallest absolute Gasteiger partial charge is 0.410 e. The molecule has 3 aliphatic rings. The Bertz CT molecular complexity index is 1000. The van der Waals surface area contributed by atoms with Crippen LogP contribution >= 0.6 is 0 Å². The Kier molecular flexibility index (Phi) is 6.86. The van der Waals surface area contributed by atoms with Crippen molar-refractivity contribution in [2.24, 2.45) is 10.5 Å². The van der Waals surface area contributed by atoms with Gasteiger partial charge in [0.05, 0.1) is 12.7 Å². The first-order chi connectivity index (χ1) is 16.4. The van der Waals surface area contributed by atoms with E-state index in [0.29, 0.717) is 6.61 Å². The van der Waals surface area contributed by atoms with Crippen molar-refractivity contribution in [2.75, 3.05) is 13.2 Å². The van der Waals surface area contributed by atoms with E-state index in [0.717, 1.165) is 48.3 Å². The lowest BCUT2D eigenvalue weighted by molar-refractivity contribution is -0.107. The molecule has 1 aromatic rings. The molecule has 0 saturated heterocycles. The number of fused-ring (bicyclic) bond motifs is 3. The summed E-state index contributed by atoms with van der Waals surface area (Å²) in [6, 6.07) is 4.01. The predicted molar refractivity (Wildman–Crippen MR) is 131 cm³/mol. The van der Waals surface area contributed by atoms with E-state index in [4.69, 9.17) is 24.5 Å². The van der Waals surface area contributed by atoms with Crippen molar-refractivity contribution in [1.29, 1.82) is 0 Å². The standard InChI is InChI=1S/C26H38N4O5/c1-24(2,3)22-18(14-30(16-28-29-27)23(31)35-25(4,5)6)20-17(15-32-22)10-11-19-21(20)34-26(33-19)12-8-7-9-13-26/h10-11,18,22H,7-9,12-16H2,1-6H3. The van der Waals surface area contributed by atoms with Gasteiger partial charge >= 0.3 is 6.09 Å². The lowest BCUT2D eigenvalue weighted by Gasteiger charge is -2.43. The third kappa shape index (κ3) is 5.46. The van der Waals surface area contributed by atoms with Gasteiger partial charge in [-0.15, -0.1) is 0 Å². The minimum atomic E-state index is -0.679. The van der Waals surface area contributed by atoms with Crippen LogP contribution in [0.3, 0.4) is 0 Å². The molecule has 2 unspecified atom stereocenters. The van der Waals surface area contributed by atoms with E-state index < -0.39 is 17.5 Å². The second kappa shape index (κ2) is 9.43. The molecule has 0 N–H and O–H groups in total. The summed E-state index contributed by atoms with van der Waals surface area (Å²) >= 11 is 0. The molecule has 1 fully saturated rings. The number of benzene rings is 1. The van der Waals surface area contributed by atoms with Gasteiger partial charge in [-0.3, -0.25) is 0 Å². The van der Waals surface area contributed by atoms with Gasteiger partial charge in [-0.05, 0) is 56.2 Å². The van der Waals surface area contributed by atoms with Crippen molar-refractivity contribution in [1.82, 2.24) is 4.90 Å². The second-order valence-corrected chi connectivity index (χ2v) is 11.9. The molecule has 0 aromatic heterocycles. The van der Waals surface area contributed by atoms with E-state index in [1.54, 1.807) is 0 Å². The molecule has 2 heterocycles. The molecule has 4 rings (SSSR count). The minimum absolute atomic E-state index is 0.134. The monoisotopic (exact) mass is 486 g/mol. The Morgan fingerprint density at radius 3 is 2.51 bits per heavy atom. The van der Waals surface area contributed by atoms with Crippen LogP contribution in [-0.4, -0.2) is 41.7 Å². The molecule has 1 aliphatic carbocycles. The molecule has 192 valence electrons. The Labute approximate surface area is 207 Å². The minimum Gasteiger partial charge on any atom is -0.448 e. The predicted octanol–water partition coefficient (Wildman–Crippen LogP) is 6.65. The van der Waals surface area contributed by atoms with Crippen LogP contribution in [0.15, 0.2) is 17.2 Å². The molecule has 9 nitrogen and oxygen atoms in total. The van der Waals surface area contributed by atoms with Gasteiger partial charge in [-0.2, -0.15) is 0 Å². The first kappa shape index (κ1) is 25.5. The molecule has 1 spiro atoms. The second-order valence-electron chi connectivity index (χ2n) is 11.9. The van der Waals surface area contributed by atoms with Gasteiger partial charge in [0.25, 0.3) is 5.79 Å². The molecule has 35 heavy (non-hydrogen) atoms. The number of ether oxygens (including phenoxy) is 4. The summed E-state index contributed by atoms with van der Waals surface area (Å²) in [5, 5.41) is 3.68. The van der Waals surface area contributed by atoms with Crippen molar-refractivity contribution in [3.8, 4) is 11.5 Å². The highest BCUT2D eigenvalue weighted by Crippen LogP contribution is 2.53. The van der Waals surface area contributed by atoms with E-state index >= 15 is 0 Å². The summed E-state index contributed by atoms with van der Waals surface area (Å²) in [6.07, 6.45) is 4.33. The number of azide groups is 1. The van der Waals surface area contributed by atoms with Crippen LogP contribution < -0.4 is 9.47 Å². The Hall–Kier alpha value is -2.64. The average molecular weight is 487 g/mol. The molecule has 0 radical (unpaired) electrons. The zero-order valence-electron chi connectivity index (χ0n) is 21.8. The molecular weight excluding hydrogens is 448 g/mol. The molecule has 2 aliphatic heterocycles. The number of hydrogen-bond donors (Lipinski definition) is 0. The van der Waals surface area contributed by atoms with E-state index in [-0.39, 0.29) is 30.7 Å². The topological polar surface area (TPSA) is 106 Å². The van der Waals surface area contributed by atoms with Crippen LogP contribution in [0.25, 0.3) is 10.4 Å². The van der Waals surface area contributed by atoms with Gasteiger partial charge in [0.2, 0.25) is 0 Å². The van der Waals surface area contributed by atoms with Crippen molar-refractivity contribution < 1.29 is 23.7 Å². The molecule has 1 amide bonds. The number of nitrogens with zero attached hydrogens (tertiary/aromatic N) is 4. The maximum atomic E-state index is 13.1. The summed E-state index contributed by atoms with van der Waals surface area (Å²) in [5.74, 6) is 0.688. The van der Waals surface area contributed by atoms with E-state index in [9.17, 15) is 4.79 Å². The molecular formula is C26H38N4O5. The number of carbonyl (C=O) groups excluding carboxylic acids is 1. The fourth-order valence-corrected chi connectivity index (χ4v) is 5.39. The summed E-state index contributed by atoms with van der Waals surface area (Å²) < 4.78 is 25.1. The summed E-state index contributed by atoms with van der Waals surface area (Å²) in [4.78, 5) is 17.4. The maximum Gasteiger partial charge on any atom is 0.410 e. The van der Waals surface area contributed by atoms with Crippen molar-refractivity contribution in [2.45, 2.75) is 104 Å². The van der Waals surface area contributed by atoms with Crippen LogP contribution in [-0.2, 0) is 16.1 Å². The van der Waals surface area contributed by atoms with E-state index in [2.05, 4.69) is 30.8 Å². The largest absolute Gasteiger partial charge is 0.448 e. The lowest BCUT2D eigenvalue weighted by Crippen LogP contribution is -2.46. The zero-order valence-corrected chi connectivity index (χ0v) is 21.8. The molecule has 1 aromatic carbocycles. The quantitative estimate of drug-likeness (QED) is 0.269. The van der Waals surface area contributed by atoms with Crippen molar-refractivity contribution >= 4 is 6.09 Å². The third-order valence-corrected chi connectivity index (χ3v) is 6.82. The van der Waals surface area contributed by atoms with Crippen LogP contribution in [0.1, 0.15) is 90.7 Å². The fourth-order valence-electron chi connectivity index (χ4n) is 5.39. The van der Waals surface area contributed by atoms with E-state index in [1.807, 2.05) is 32.9 Å². The van der Waals surface area contributed by atoms with Crippen LogP contribution in [0.5, 0.6) is 11.5 Å². The van der Waals surface area contributed by atoms with E-state index in [1.165, 1.54) is 11.3 Å². The Morgan fingerprint density at radius 1 is 1.17 bits per heavy atom. The maximum absolute atomic E-state index is 13.1. The van der Waals surface area contributed by atoms with Gasteiger partial charge in [-0.1, -0.05) is 38.4 Å². The molecule has 9 heteroatoms. The van der Waals surface area contributed by atoms with Crippen LogP contribution in [0.2, 0.25) is 0 Å². The molecule has 0 bridgehead atoms. The molecule has 2 atom stereocenters. The van der Waals surface area contributed by atoms with Gasteiger partial charge in [0.15, 0.2) is 11.5 Å². The number of hydrogen-bond acceptors (Lipinski definition) is 6. The van der Waals surface area contributed by atoms with Gasteiger partial charge in [-0.25, -0.2) is 4.79 Å². The van der Waals surface area contributed by atoms with Crippen molar-refractivity contribution in [3.05, 3.63) is 33.7 Å². The van der Waals surface area contributed by atoms with Gasteiger partial charge in [0, 0.05) is 35.8 Å². The number of amides is 1. The first-order valence-corrected chi connectivity index (χ1v) is 12.6. The lowest BCUT2D eigenvalue weighted by atomic mass is 9.75. The van der Waals surface area contributed by atoms with Gasteiger partial charge < -0.3 is 23.8 Å². The first-order valence-electron chi connectivity index (χ1n) is 12.6.